The molecule has 3 aromatic carbocycles. The number of alkyl halides is 3. The van der Waals surface area contributed by atoms with Crippen molar-refractivity contribution < 1.29 is 25.8 Å². The predicted molar refractivity (Wildman–Crippen MR) is 129 cm³/mol. The zero-order valence-corrected chi connectivity index (χ0v) is 20.7. The van der Waals surface area contributed by atoms with Crippen molar-refractivity contribution in [1.29, 1.82) is 0 Å². The van der Waals surface area contributed by atoms with Gasteiger partial charge in [0.25, 0.3) is 10.1 Å². The van der Waals surface area contributed by atoms with E-state index in [4.69, 9.17) is 4.18 Å². The Balaban J connectivity index is 1.85. The molecule has 0 fully saturated rings. The van der Waals surface area contributed by atoms with Gasteiger partial charge in [-0.2, -0.15) is 21.6 Å². The molecule has 0 saturated heterocycles. The number of benzene rings is 3. The maximum absolute atomic E-state index is 13.9. The first kappa shape index (κ1) is 25.9. The SMILES string of the molecule is Cc1cccc2c(S(=O)(=O)OC(c3ccc(SSCCN(C)C)cc3)C(F)(F)F)cccc12. The second kappa shape index (κ2) is 10.7. The average molecular weight is 516 g/mol. The van der Waals surface area contributed by atoms with Crippen molar-refractivity contribution in [1.82, 2.24) is 4.90 Å². The zero-order chi connectivity index (χ0) is 24.2. The molecule has 178 valence electrons. The second-order valence-corrected chi connectivity index (χ2v) is 11.7. The normalized spacial score (nSPS) is 13.5. The predicted octanol–water partition coefficient (Wildman–Crippen LogP) is 6.46. The van der Waals surface area contributed by atoms with Crippen LogP contribution in [0.2, 0.25) is 0 Å². The van der Waals surface area contributed by atoms with Crippen molar-refractivity contribution in [2.24, 2.45) is 0 Å². The number of hydrogen-bond acceptors (Lipinski definition) is 6. The number of nitrogens with zero attached hydrogens (tertiary/aromatic N) is 1. The molecular weight excluding hydrogens is 491 g/mol. The van der Waals surface area contributed by atoms with E-state index >= 15 is 0 Å². The molecule has 0 spiro atoms. The minimum atomic E-state index is -4.91. The zero-order valence-electron chi connectivity index (χ0n) is 18.3. The van der Waals surface area contributed by atoms with Crippen LogP contribution in [0.3, 0.4) is 0 Å². The van der Waals surface area contributed by atoms with Crippen LogP contribution >= 0.6 is 21.6 Å². The van der Waals surface area contributed by atoms with Crippen molar-refractivity contribution in [3.8, 4) is 0 Å². The fraction of sp³-hybridized carbons (Fsp3) is 0.304. The van der Waals surface area contributed by atoms with E-state index in [2.05, 4.69) is 0 Å². The lowest BCUT2D eigenvalue weighted by atomic mass is 10.1. The molecule has 33 heavy (non-hydrogen) atoms. The summed E-state index contributed by atoms with van der Waals surface area (Å²) in [5.41, 5.74) is 0.540. The van der Waals surface area contributed by atoms with Crippen molar-refractivity contribution in [3.05, 3.63) is 71.8 Å². The number of rotatable bonds is 9. The molecule has 1 unspecified atom stereocenters. The maximum atomic E-state index is 13.9. The molecular formula is C23H24F3NO3S3. The third-order valence-corrected chi connectivity index (χ3v) is 8.55. The molecule has 0 aromatic heterocycles. The molecule has 0 saturated carbocycles. The van der Waals surface area contributed by atoms with Crippen molar-refractivity contribution >= 4 is 42.5 Å². The smallest absolute Gasteiger partial charge is 0.309 e. The van der Waals surface area contributed by atoms with Gasteiger partial charge >= 0.3 is 6.18 Å². The summed E-state index contributed by atoms with van der Waals surface area (Å²) in [5.74, 6) is 0.858. The van der Waals surface area contributed by atoms with Gasteiger partial charge in [-0.05, 0) is 55.7 Å². The summed E-state index contributed by atoms with van der Waals surface area (Å²) in [6.07, 6.45) is -7.52. The maximum Gasteiger partial charge on any atom is 0.420 e. The molecule has 3 rings (SSSR count). The van der Waals surface area contributed by atoms with Gasteiger partial charge in [0.15, 0.2) is 6.10 Å². The molecule has 0 aliphatic heterocycles. The summed E-state index contributed by atoms with van der Waals surface area (Å²) in [7, 11) is 2.26. The third kappa shape index (κ3) is 6.66. The van der Waals surface area contributed by atoms with E-state index in [-0.39, 0.29) is 10.5 Å². The Kier molecular flexibility index (Phi) is 8.39. The van der Waals surface area contributed by atoms with Crippen LogP contribution in [0.5, 0.6) is 0 Å². The van der Waals surface area contributed by atoms with Crippen LogP contribution in [0.4, 0.5) is 13.2 Å². The Bertz CT molecular complexity index is 1200. The fourth-order valence-electron chi connectivity index (χ4n) is 3.16. The molecule has 1 atom stereocenters. The Morgan fingerprint density at radius 1 is 0.970 bits per heavy atom. The first-order valence-corrected chi connectivity index (χ1v) is 13.7. The van der Waals surface area contributed by atoms with Gasteiger partial charge in [-0.15, -0.1) is 0 Å². The highest BCUT2D eigenvalue weighted by molar-refractivity contribution is 8.76. The van der Waals surface area contributed by atoms with Crippen LogP contribution in [0.1, 0.15) is 17.2 Å². The number of hydrogen-bond donors (Lipinski definition) is 0. The van der Waals surface area contributed by atoms with E-state index < -0.39 is 22.4 Å². The monoisotopic (exact) mass is 515 g/mol. The summed E-state index contributed by atoms with van der Waals surface area (Å²) < 4.78 is 72.3. The van der Waals surface area contributed by atoms with Gasteiger partial charge in [-0.1, -0.05) is 64.1 Å². The minimum Gasteiger partial charge on any atom is -0.309 e. The Morgan fingerprint density at radius 2 is 1.61 bits per heavy atom. The summed E-state index contributed by atoms with van der Waals surface area (Å²) in [5, 5.41) is 0.957. The Hall–Kier alpha value is -1.72. The van der Waals surface area contributed by atoms with E-state index in [0.717, 1.165) is 22.8 Å². The topological polar surface area (TPSA) is 46.6 Å². The van der Waals surface area contributed by atoms with Crippen LogP contribution in [-0.4, -0.2) is 45.9 Å². The fourth-order valence-corrected chi connectivity index (χ4v) is 6.55. The molecule has 0 radical (unpaired) electrons. The molecule has 0 aliphatic rings. The van der Waals surface area contributed by atoms with Crippen molar-refractivity contribution in [3.63, 3.8) is 0 Å². The number of aryl methyl sites for hydroxylation is 1. The Labute approximate surface area is 200 Å². The molecule has 0 N–H and O–H groups in total. The number of fused-ring (bicyclic) bond motifs is 1. The molecule has 0 heterocycles. The van der Waals surface area contributed by atoms with Crippen LogP contribution in [-0.2, 0) is 14.3 Å². The summed E-state index contributed by atoms with van der Waals surface area (Å²) >= 11 is 0. The van der Waals surface area contributed by atoms with Gasteiger partial charge in [0, 0.05) is 22.6 Å². The standard InChI is InChI=1S/C23H24F3NO3S3/c1-16-6-4-8-20-19(16)7-5-9-21(20)33(28,29)30-22(23(24,25)26)17-10-12-18(13-11-17)32-31-15-14-27(2)3/h4-13,22H,14-15H2,1-3H3. The molecule has 0 bridgehead atoms. The highest BCUT2D eigenvalue weighted by Gasteiger charge is 2.45. The lowest BCUT2D eigenvalue weighted by Crippen LogP contribution is -2.26. The van der Waals surface area contributed by atoms with E-state index in [9.17, 15) is 21.6 Å². The first-order chi connectivity index (χ1) is 15.5. The molecule has 4 nitrogen and oxygen atoms in total. The van der Waals surface area contributed by atoms with Gasteiger partial charge in [0.2, 0.25) is 0 Å². The number of halogens is 3. The first-order valence-electron chi connectivity index (χ1n) is 10.0. The summed E-state index contributed by atoms with van der Waals surface area (Å²) in [4.78, 5) is 2.53. The quantitative estimate of drug-likeness (QED) is 0.185. The van der Waals surface area contributed by atoms with E-state index in [1.807, 2.05) is 19.0 Å². The van der Waals surface area contributed by atoms with E-state index in [1.165, 1.54) is 35.1 Å². The van der Waals surface area contributed by atoms with E-state index in [0.29, 0.717) is 10.8 Å². The van der Waals surface area contributed by atoms with Crippen LogP contribution < -0.4 is 0 Å². The third-order valence-electron chi connectivity index (χ3n) is 4.85. The van der Waals surface area contributed by atoms with Crippen LogP contribution in [0.15, 0.2) is 70.5 Å². The summed E-state index contributed by atoms with van der Waals surface area (Å²) in [6.45, 7) is 2.68. The van der Waals surface area contributed by atoms with E-state index in [1.54, 1.807) is 54.1 Å². The van der Waals surface area contributed by atoms with Gasteiger partial charge in [-0.3, -0.25) is 0 Å². The molecule has 3 aromatic rings. The van der Waals surface area contributed by atoms with Gasteiger partial charge in [0.05, 0.1) is 0 Å². The largest absolute Gasteiger partial charge is 0.420 e. The molecule has 0 amide bonds. The lowest BCUT2D eigenvalue weighted by Gasteiger charge is -2.21. The molecule has 10 heteroatoms. The minimum absolute atomic E-state index is 0.273. The van der Waals surface area contributed by atoms with Gasteiger partial charge in [-0.25, -0.2) is 4.18 Å². The lowest BCUT2D eigenvalue weighted by molar-refractivity contribution is -0.196. The van der Waals surface area contributed by atoms with Gasteiger partial charge in [0.1, 0.15) is 4.90 Å². The van der Waals surface area contributed by atoms with Crippen molar-refractivity contribution in [2.45, 2.75) is 29.0 Å². The highest BCUT2D eigenvalue weighted by atomic mass is 33.1. The highest BCUT2D eigenvalue weighted by Crippen LogP contribution is 2.40. The van der Waals surface area contributed by atoms with Crippen LogP contribution in [0.25, 0.3) is 10.8 Å². The average Bonchev–Trinajstić information content (AvgIpc) is 2.75. The Morgan fingerprint density at radius 3 is 2.24 bits per heavy atom. The van der Waals surface area contributed by atoms with Crippen LogP contribution in [0, 0.1) is 6.92 Å². The van der Waals surface area contributed by atoms with Crippen molar-refractivity contribution in [2.75, 3.05) is 26.4 Å². The van der Waals surface area contributed by atoms with Gasteiger partial charge < -0.3 is 4.90 Å². The second-order valence-electron chi connectivity index (χ2n) is 7.68. The summed E-state index contributed by atoms with van der Waals surface area (Å²) in [6, 6.07) is 15.1. The molecule has 0 aliphatic carbocycles.